The first-order chi connectivity index (χ1) is 10.8. The van der Waals surface area contributed by atoms with Crippen LogP contribution < -0.4 is 4.90 Å². The number of phenolic OH excluding ortho intramolecular Hbond substituents is 1. The molecule has 3 nitrogen and oxygen atoms in total. The van der Waals surface area contributed by atoms with Gasteiger partial charge in [-0.1, -0.05) is 29.1 Å². The van der Waals surface area contributed by atoms with Gasteiger partial charge in [-0.2, -0.15) is 0 Å². The van der Waals surface area contributed by atoms with E-state index < -0.39 is 17.8 Å². The van der Waals surface area contributed by atoms with E-state index in [4.69, 9.17) is 29.6 Å². The molecule has 2 aromatic carbocycles. The molecule has 0 radical (unpaired) electrons. The number of aromatic hydroxyl groups is 1. The minimum absolute atomic E-state index is 0.100. The average Bonchev–Trinajstić information content (AvgIpc) is 2.50. The monoisotopic (exact) mass is 351 g/mol. The highest BCUT2D eigenvalue weighted by atomic mass is 35.5. The minimum Gasteiger partial charge on any atom is -0.508 e. The van der Waals surface area contributed by atoms with Gasteiger partial charge >= 0.3 is 0 Å². The number of amides is 1. The zero-order chi connectivity index (χ0) is 17.1. The van der Waals surface area contributed by atoms with Crippen molar-refractivity contribution >= 4 is 34.8 Å². The smallest absolute Gasteiger partial charge is 0.225 e. The van der Waals surface area contributed by atoms with E-state index >= 15 is 0 Å². The predicted octanol–water partition coefficient (Wildman–Crippen LogP) is 4.57. The third-order valence-electron chi connectivity index (χ3n) is 3.22. The number of hydrogen-bond donors (Lipinski definition) is 1. The summed E-state index contributed by atoms with van der Waals surface area (Å²) in [5.74, 6) is 1.35. The molecule has 1 unspecified atom stereocenters. The second-order valence-corrected chi connectivity index (χ2v) is 5.60. The van der Waals surface area contributed by atoms with Crippen LogP contribution in [0.1, 0.15) is 18.5 Å². The van der Waals surface area contributed by atoms with Crippen LogP contribution in [0.25, 0.3) is 0 Å². The van der Waals surface area contributed by atoms with E-state index in [1.807, 2.05) is 0 Å². The second-order valence-electron chi connectivity index (χ2n) is 4.76. The number of carbonyl (C=O) groups excluding carboxylic acids is 1. The van der Waals surface area contributed by atoms with E-state index in [1.54, 1.807) is 0 Å². The maximum atomic E-state index is 13.4. The Kier molecular flexibility index (Phi) is 5.15. The summed E-state index contributed by atoms with van der Waals surface area (Å²) >= 11 is 11.7. The van der Waals surface area contributed by atoms with Crippen molar-refractivity contribution in [2.75, 3.05) is 4.90 Å². The first kappa shape index (κ1) is 17.1. The Hall–Kier alpha value is -2.22. The lowest BCUT2D eigenvalue weighted by Gasteiger charge is -2.28. The number of phenols is 1. The molecule has 0 heterocycles. The van der Waals surface area contributed by atoms with Crippen molar-refractivity contribution in [3.05, 3.63) is 57.8 Å². The Labute approximate surface area is 143 Å². The van der Waals surface area contributed by atoms with Gasteiger partial charge in [0, 0.05) is 23.2 Å². The van der Waals surface area contributed by atoms with Gasteiger partial charge in [0.1, 0.15) is 17.6 Å². The number of rotatable bonds is 3. The van der Waals surface area contributed by atoms with Crippen LogP contribution in [0.3, 0.4) is 0 Å². The summed E-state index contributed by atoms with van der Waals surface area (Å²) in [4.78, 5) is 13.3. The maximum absolute atomic E-state index is 13.4. The predicted molar refractivity (Wildman–Crippen MR) is 89.3 cm³/mol. The number of halogens is 3. The summed E-state index contributed by atoms with van der Waals surface area (Å²) in [7, 11) is 0. The molecule has 0 saturated heterocycles. The molecule has 6 heteroatoms. The van der Waals surface area contributed by atoms with Crippen LogP contribution >= 0.6 is 23.2 Å². The van der Waals surface area contributed by atoms with Gasteiger partial charge in [-0.15, -0.1) is 6.42 Å². The molecule has 23 heavy (non-hydrogen) atoms. The molecule has 0 spiro atoms. The van der Waals surface area contributed by atoms with Crippen LogP contribution in [0.15, 0.2) is 36.4 Å². The van der Waals surface area contributed by atoms with E-state index in [1.165, 1.54) is 42.2 Å². The van der Waals surface area contributed by atoms with Gasteiger partial charge in [0.2, 0.25) is 5.91 Å². The van der Waals surface area contributed by atoms with Crippen molar-refractivity contribution in [2.45, 2.75) is 13.0 Å². The SMILES string of the molecule is C#CC(c1cc(Cl)ccc1O)N(C(C)=O)c1ccc(F)c(Cl)c1. The van der Waals surface area contributed by atoms with Crippen LogP contribution in [0, 0.1) is 18.2 Å². The van der Waals surface area contributed by atoms with Crippen LogP contribution in [-0.4, -0.2) is 11.0 Å². The average molecular weight is 352 g/mol. The van der Waals surface area contributed by atoms with Crippen molar-refractivity contribution in [3.63, 3.8) is 0 Å². The summed E-state index contributed by atoms with van der Waals surface area (Å²) in [5.41, 5.74) is 0.599. The van der Waals surface area contributed by atoms with Crippen LogP contribution in [0.2, 0.25) is 10.0 Å². The highest BCUT2D eigenvalue weighted by molar-refractivity contribution is 6.31. The molecule has 0 aliphatic carbocycles. The van der Waals surface area contributed by atoms with Gasteiger partial charge in [0.05, 0.1) is 5.02 Å². The van der Waals surface area contributed by atoms with E-state index in [9.17, 15) is 14.3 Å². The Balaban J connectivity index is 2.58. The zero-order valence-electron chi connectivity index (χ0n) is 12.1. The second kappa shape index (κ2) is 6.91. The van der Waals surface area contributed by atoms with Crippen LogP contribution in [0.5, 0.6) is 5.75 Å². The molecule has 2 rings (SSSR count). The Morgan fingerprint density at radius 3 is 2.57 bits per heavy atom. The lowest BCUT2D eigenvalue weighted by molar-refractivity contribution is -0.116. The normalized spacial score (nSPS) is 11.6. The number of terminal acetylenes is 1. The number of anilines is 1. The number of nitrogens with zero attached hydrogens (tertiary/aromatic N) is 1. The van der Waals surface area contributed by atoms with Crippen molar-refractivity contribution in [1.29, 1.82) is 0 Å². The van der Waals surface area contributed by atoms with E-state index in [0.717, 1.165) is 6.07 Å². The molecule has 0 bridgehead atoms. The largest absolute Gasteiger partial charge is 0.508 e. The Bertz CT molecular complexity index is 802. The summed E-state index contributed by atoms with van der Waals surface area (Å²) in [6, 6.07) is 7.26. The highest BCUT2D eigenvalue weighted by Crippen LogP contribution is 2.35. The molecule has 0 saturated carbocycles. The third kappa shape index (κ3) is 3.58. The quantitative estimate of drug-likeness (QED) is 0.823. The molecule has 0 aromatic heterocycles. The van der Waals surface area contributed by atoms with Crippen molar-refractivity contribution in [2.24, 2.45) is 0 Å². The van der Waals surface area contributed by atoms with Gasteiger partial charge in [-0.05, 0) is 36.4 Å². The highest BCUT2D eigenvalue weighted by Gasteiger charge is 2.26. The van der Waals surface area contributed by atoms with E-state index in [2.05, 4.69) is 5.92 Å². The van der Waals surface area contributed by atoms with Crippen LogP contribution in [0.4, 0.5) is 10.1 Å². The molecule has 118 valence electrons. The van der Waals surface area contributed by atoms with Crippen molar-refractivity contribution in [1.82, 2.24) is 0 Å². The molecular weight excluding hydrogens is 340 g/mol. The Morgan fingerprint density at radius 1 is 1.30 bits per heavy atom. The fourth-order valence-electron chi connectivity index (χ4n) is 2.20. The molecule has 0 aliphatic heterocycles. The molecule has 0 fully saturated rings. The standard InChI is InChI=1S/C17H12Cl2FNO2/c1-3-16(13-8-11(18)4-7-17(13)23)21(10(2)22)12-5-6-15(20)14(19)9-12/h1,4-9,16,23H,2H3. The number of benzene rings is 2. The van der Waals surface area contributed by atoms with Gasteiger partial charge < -0.3 is 5.11 Å². The van der Waals surface area contributed by atoms with Crippen molar-refractivity contribution < 1.29 is 14.3 Å². The van der Waals surface area contributed by atoms with Gasteiger partial charge in [0.25, 0.3) is 0 Å². The van der Waals surface area contributed by atoms with Crippen LogP contribution in [-0.2, 0) is 4.79 Å². The maximum Gasteiger partial charge on any atom is 0.225 e. The molecular formula is C17H12Cl2FNO2. The van der Waals surface area contributed by atoms with E-state index in [0.29, 0.717) is 10.7 Å². The van der Waals surface area contributed by atoms with Gasteiger partial charge in [0.15, 0.2) is 0 Å². The topological polar surface area (TPSA) is 40.5 Å². The van der Waals surface area contributed by atoms with Gasteiger partial charge in [-0.25, -0.2) is 4.39 Å². The summed E-state index contributed by atoms with van der Waals surface area (Å²) in [5, 5.41) is 10.3. The Morgan fingerprint density at radius 2 is 2.00 bits per heavy atom. The lowest BCUT2D eigenvalue weighted by atomic mass is 10.0. The number of carbonyl (C=O) groups is 1. The van der Waals surface area contributed by atoms with Crippen molar-refractivity contribution in [3.8, 4) is 18.1 Å². The molecule has 1 amide bonds. The minimum atomic E-state index is -0.923. The fraction of sp³-hybridized carbons (Fsp3) is 0.118. The molecule has 2 aromatic rings. The first-order valence-electron chi connectivity index (χ1n) is 6.54. The molecule has 0 aliphatic rings. The summed E-state index contributed by atoms with van der Waals surface area (Å²) in [6.07, 6.45) is 5.56. The first-order valence-corrected chi connectivity index (χ1v) is 7.30. The summed E-state index contributed by atoms with van der Waals surface area (Å²) < 4.78 is 13.4. The zero-order valence-corrected chi connectivity index (χ0v) is 13.6. The number of hydrogen-bond acceptors (Lipinski definition) is 2. The summed E-state index contributed by atoms with van der Waals surface area (Å²) in [6.45, 7) is 1.31. The van der Waals surface area contributed by atoms with Gasteiger partial charge in [-0.3, -0.25) is 9.69 Å². The molecule has 1 atom stereocenters. The lowest BCUT2D eigenvalue weighted by Crippen LogP contribution is -2.32. The third-order valence-corrected chi connectivity index (χ3v) is 3.75. The van der Waals surface area contributed by atoms with E-state index in [-0.39, 0.29) is 16.3 Å². The fourth-order valence-corrected chi connectivity index (χ4v) is 2.55. The molecule has 1 N–H and O–H groups in total.